The number of rotatable bonds is 3. The molecule has 4 aromatic rings. The van der Waals surface area contributed by atoms with Crippen molar-refractivity contribution in [3.8, 4) is 0 Å². The molecule has 0 aliphatic carbocycles. The number of hydrogen-bond acceptors (Lipinski definition) is 8. The standard InChI is InChI=1S/C11H9N9S/c1-12-11-18-7-5(2-17-20-7)9(19-11)21-10-6-8(14-3-13-6)15-4-16-10/h2-4H,1H3,(H,13,14,15,16)(H2,12,17,18,19,20). The molecule has 0 amide bonds. The SMILES string of the molecule is CNc1nc(Sc2ncnc3nc[nH]c23)c2cn[nH]c2n1. The van der Waals surface area contributed by atoms with Crippen LogP contribution in [-0.4, -0.2) is 47.1 Å². The van der Waals surface area contributed by atoms with E-state index in [1.807, 2.05) is 0 Å². The van der Waals surface area contributed by atoms with Crippen molar-refractivity contribution in [2.45, 2.75) is 10.1 Å². The molecular formula is C11H9N9S. The molecule has 0 aromatic carbocycles. The number of nitrogens with zero attached hydrogens (tertiary/aromatic N) is 6. The summed E-state index contributed by atoms with van der Waals surface area (Å²) < 4.78 is 0. The number of fused-ring (bicyclic) bond motifs is 2. The second-order valence-corrected chi connectivity index (χ2v) is 5.09. The molecule has 3 N–H and O–H groups in total. The second-order valence-electron chi connectivity index (χ2n) is 4.12. The molecule has 4 aromatic heterocycles. The molecule has 0 aliphatic heterocycles. The van der Waals surface area contributed by atoms with E-state index in [2.05, 4.69) is 45.4 Å². The van der Waals surface area contributed by atoms with Crippen LogP contribution in [0.4, 0.5) is 5.95 Å². The molecule has 104 valence electrons. The smallest absolute Gasteiger partial charge is 0.225 e. The van der Waals surface area contributed by atoms with Crippen LogP contribution in [0.3, 0.4) is 0 Å². The number of aromatic nitrogens is 8. The molecular weight excluding hydrogens is 290 g/mol. The summed E-state index contributed by atoms with van der Waals surface area (Å²) in [7, 11) is 1.77. The Kier molecular flexibility index (Phi) is 2.67. The van der Waals surface area contributed by atoms with Gasteiger partial charge in [0.15, 0.2) is 11.3 Å². The van der Waals surface area contributed by atoms with E-state index in [9.17, 15) is 0 Å². The highest BCUT2D eigenvalue weighted by atomic mass is 32.2. The summed E-state index contributed by atoms with van der Waals surface area (Å²) >= 11 is 1.41. The number of imidazole rings is 1. The number of anilines is 1. The van der Waals surface area contributed by atoms with E-state index < -0.39 is 0 Å². The van der Waals surface area contributed by atoms with Crippen molar-refractivity contribution >= 4 is 39.9 Å². The predicted molar refractivity (Wildman–Crippen MR) is 77.0 cm³/mol. The van der Waals surface area contributed by atoms with Crippen molar-refractivity contribution in [1.29, 1.82) is 0 Å². The lowest BCUT2D eigenvalue weighted by Gasteiger charge is -2.04. The van der Waals surface area contributed by atoms with Crippen LogP contribution in [0.1, 0.15) is 0 Å². The van der Waals surface area contributed by atoms with Crippen LogP contribution >= 0.6 is 11.8 Å². The van der Waals surface area contributed by atoms with Crippen molar-refractivity contribution in [1.82, 2.24) is 40.1 Å². The molecule has 0 radical (unpaired) electrons. The molecule has 9 nitrogen and oxygen atoms in total. The van der Waals surface area contributed by atoms with Gasteiger partial charge in [0.1, 0.15) is 21.9 Å². The minimum Gasteiger partial charge on any atom is -0.357 e. The Bertz CT molecular complexity index is 928. The lowest BCUT2D eigenvalue weighted by Crippen LogP contribution is -1.98. The zero-order valence-electron chi connectivity index (χ0n) is 10.8. The number of aromatic amines is 2. The first kappa shape index (κ1) is 12.0. The summed E-state index contributed by atoms with van der Waals surface area (Å²) in [5.74, 6) is 0.518. The molecule has 10 heteroatoms. The van der Waals surface area contributed by atoms with Crippen molar-refractivity contribution < 1.29 is 0 Å². The first-order valence-corrected chi connectivity index (χ1v) is 6.87. The molecule has 4 rings (SSSR count). The molecule has 0 bridgehead atoms. The van der Waals surface area contributed by atoms with Crippen LogP contribution in [0, 0.1) is 0 Å². The van der Waals surface area contributed by atoms with Gasteiger partial charge in [0, 0.05) is 7.05 Å². The van der Waals surface area contributed by atoms with Gasteiger partial charge in [-0.2, -0.15) is 10.1 Å². The summed E-state index contributed by atoms with van der Waals surface area (Å²) in [6, 6.07) is 0. The predicted octanol–water partition coefficient (Wildman–Crippen LogP) is 1.21. The summed E-state index contributed by atoms with van der Waals surface area (Å²) in [6.45, 7) is 0. The van der Waals surface area contributed by atoms with Gasteiger partial charge in [0.25, 0.3) is 0 Å². The van der Waals surface area contributed by atoms with E-state index >= 15 is 0 Å². The average molecular weight is 299 g/mol. The van der Waals surface area contributed by atoms with E-state index in [0.29, 0.717) is 17.2 Å². The van der Waals surface area contributed by atoms with Gasteiger partial charge in [0.2, 0.25) is 5.95 Å². The summed E-state index contributed by atoms with van der Waals surface area (Å²) in [4.78, 5) is 24.3. The highest BCUT2D eigenvalue weighted by molar-refractivity contribution is 7.99. The highest BCUT2D eigenvalue weighted by Gasteiger charge is 2.14. The van der Waals surface area contributed by atoms with E-state index in [-0.39, 0.29) is 0 Å². The van der Waals surface area contributed by atoms with Crippen molar-refractivity contribution in [2.75, 3.05) is 12.4 Å². The first-order chi connectivity index (χ1) is 10.3. The van der Waals surface area contributed by atoms with Crippen LogP contribution in [0.25, 0.3) is 22.2 Å². The zero-order valence-corrected chi connectivity index (χ0v) is 11.6. The van der Waals surface area contributed by atoms with Crippen LogP contribution < -0.4 is 5.32 Å². The van der Waals surface area contributed by atoms with Crippen LogP contribution in [0.5, 0.6) is 0 Å². The third-order valence-electron chi connectivity index (χ3n) is 2.88. The molecule has 0 saturated heterocycles. The van der Waals surface area contributed by atoms with E-state index in [4.69, 9.17) is 0 Å². The van der Waals surface area contributed by atoms with Gasteiger partial charge in [-0.25, -0.2) is 19.9 Å². The Morgan fingerprint density at radius 3 is 3.00 bits per heavy atom. The lowest BCUT2D eigenvalue weighted by atomic mass is 10.4. The summed E-state index contributed by atoms with van der Waals surface area (Å²) in [5, 5.41) is 12.1. The summed E-state index contributed by atoms with van der Waals surface area (Å²) in [5.41, 5.74) is 2.08. The van der Waals surface area contributed by atoms with Gasteiger partial charge in [-0.05, 0) is 11.8 Å². The van der Waals surface area contributed by atoms with E-state index in [1.54, 1.807) is 19.6 Å². The fraction of sp³-hybridized carbons (Fsp3) is 0.0909. The number of H-pyrrole nitrogens is 2. The molecule has 0 spiro atoms. The highest BCUT2D eigenvalue weighted by Crippen LogP contribution is 2.32. The molecule has 0 saturated carbocycles. The number of nitrogens with one attached hydrogen (secondary N) is 3. The van der Waals surface area contributed by atoms with Gasteiger partial charge in [-0.3, -0.25) is 5.10 Å². The monoisotopic (exact) mass is 299 g/mol. The normalized spacial score (nSPS) is 11.3. The largest absolute Gasteiger partial charge is 0.357 e. The Morgan fingerprint density at radius 1 is 1.14 bits per heavy atom. The van der Waals surface area contributed by atoms with Crippen molar-refractivity contribution in [3.63, 3.8) is 0 Å². The van der Waals surface area contributed by atoms with Crippen molar-refractivity contribution in [2.24, 2.45) is 0 Å². The molecule has 0 atom stereocenters. The lowest BCUT2D eigenvalue weighted by molar-refractivity contribution is 1.05. The van der Waals surface area contributed by atoms with E-state index in [0.717, 1.165) is 21.0 Å². The summed E-state index contributed by atoms with van der Waals surface area (Å²) in [6.07, 6.45) is 4.77. The third kappa shape index (κ3) is 1.96. The van der Waals surface area contributed by atoms with Crippen LogP contribution in [0.2, 0.25) is 0 Å². The number of hydrogen-bond donors (Lipinski definition) is 3. The molecule has 4 heterocycles. The zero-order chi connectivity index (χ0) is 14.2. The Morgan fingerprint density at radius 2 is 2.10 bits per heavy atom. The fourth-order valence-electron chi connectivity index (χ4n) is 1.91. The minimum absolute atomic E-state index is 0.518. The quantitative estimate of drug-likeness (QED) is 0.483. The van der Waals surface area contributed by atoms with Gasteiger partial charge in [0.05, 0.1) is 17.9 Å². The average Bonchev–Trinajstić information content (AvgIpc) is 3.16. The molecule has 21 heavy (non-hydrogen) atoms. The second kappa shape index (κ2) is 4.66. The van der Waals surface area contributed by atoms with Gasteiger partial charge in [-0.1, -0.05) is 0 Å². The maximum Gasteiger partial charge on any atom is 0.225 e. The molecule has 0 aliphatic rings. The van der Waals surface area contributed by atoms with Gasteiger partial charge < -0.3 is 10.3 Å². The minimum atomic E-state index is 0.518. The first-order valence-electron chi connectivity index (χ1n) is 6.06. The van der Waals surface area contributed by atoms with Gasteiger partial charge >= 0.3 is 0 Å². The maximum absolute atomic E-state index is 4.46. The Hall–Kier alpha value is -2.75. The Labute approximate surface area is 122 Å². The third-order valence-corrected chi connectivity index (χ3v) is 3.89. The molecule has 0 unspecified atom stereocenters. The van der Waals surface area contributed by atoms with Gasteiger partial charge in [-0.15, -0.1) is 0 Å². The fourth-order valence-corrected chi connectivity index (χ4v) is 2.84. The topological polar surface area (TPSA) is 121 Å². The Balaban J connectivity index is 1.87. The maximum atomic E-state index is 4.46. The molecule has 0 fully saturated rings. The van der Waals surface area contributed by atoms with Crippen molar-refractivity contribution in [3.05, 3.63) is 18.9 Å². The van der Waals surface area contributed by atoms with Crippen LogP contribution in [-0.2, 0) is 0 Å². The van der Waals surface area contributed by atoms with E-state index in [1.165, 1.54) is 18.1 Å². The van der Waals surface area contributed by atoms with Crippen LogP contribution in [0.15, 0.2) is 28.9 Å².